The molecule has 0 spiro atoms. The van der Waals surface area contributed by atoms with E-state index in [4.69, 9.17) is 0 Å². The smallest absolute Gasteiger partial charge is 0.227 e. The molecule has 0 aliphatic carbocycles. The maximum Gasteiger partial charge on any atom is 0.227 e. The maximum atomic E-state index is 12.7. The Morgan fingerprint density at radius 2 is 1.89 bits per heavy atom. The fourth-order valence-corrected chi connectivity index (χ4v) is 1.73. The number of amides is 1. The van der Waals surface area contributed by atoms with Crippen LogP contribution in [0, 0.1) is 5.82 Å². The lowest BCUT2D eigenvalue weighted by Gasteiger charge is -2.28. The Morgan fingerprint density at radius 3 is 2.33 bits per heavy atom. The predicted octanol–water partition coefficient (Wildman–Crippen LogP) is 1.99. The van der Waals surface area contributed by atoms with E-state index in [2.05, 4.69) is 0 Å². The standard InChI is InChI=1S/C14H20FNO2/c1-4-16(10-14(2,3)18)13(17)9-11-5-7-12(15)8-6-11/h5-8,18H,4,9-10H2,1-3H3. The number of likely N-dealkylation sites (N-methyl/N-ethyl adjacent to an activating group) is 1. The van der Waals surface area contributed by atoms with Gasteiger partial charge in [0.25, 0.3) is 0 Å². The number of carbonyl (C=O) groups is 1. The maximum absolute atomic E-state index is 12.7. The Balaban J connectivity index is 2.65. The van der Waals surface area contributed by atoms with E-state index in [1.54, 1.807) is 30.9 Å². The Bertz CT molecular complexity index is 395. The SMILES string of the molecule is CCN(CC(C)(C)O)C(=O)Cc1ccc(F)cc1. The molecule has 0 bridgehead atoms. The molecule has 0 radical (unpaired) electrons. The van der Waals surface area contributed by atoms with E-state index < -0.39 is 5.60 Å². The van der Waals surface area contributed by atoms with E-state index >= 15 is 0 Å². The van der Waals surface area contributed by atoms with Gasteiger partial charge in [0.2, 0.25) is 5.91 Å². The molecule has 0 atom stereocenters. The van der Waals surface area contributed by atoms with Crippen molar-refractivity contribution >= 4 is 5.91 Å². The van der Waals surface area contributed by atoms with Gasteiger partial charge in [0.15, 0.2) is 0 Å². The first-order valence-corrected chi connectivity index (χ1v) is 6.06. The van der Waals surface area contributed by atoms with E-state index in [1.807, 2.05) is 6.92 Å². The summed E-state index contributed by atoms with van der Waals surface area (Å²) in [7, 11) is 0. The summed E-state index contributed by atoms with van der Waals surface area (Å²) >= 11 is 0. The third-order valence-corrected chi connectivity index (χ3v) is 2.58. The summed E-state index contributed by atoms with van der Waals surface area (Å²) in [6.07, 6.45) is 0.226. The summed E-state index contributed by atoms with van der Waals surface area (Å²) in [5.41, 5.74) is -0.135. The van der Waals surface area contributed by atoms with Gasteiger partial charge in [-0.25, -0.2) is 4.39 Å². The molecule has 3 nitrogen and oxygen atoms in total. The van der Waals surface area contributed by atoms with Crippen molar-refractivity contribution < 1.29 is 14.3 Å². The third-order valence-electron chi connectivity index (χ3n) is 2.58. The van der Waals surface area contributed by atoms with Crippen LogP contribution >= 0.6 is 0 Å². The van der Waals surface area contributed by atoms with Gasteiger partial charge in [-0.15, -0.1) is 0 Å². The average molecular weight is 253 g/mol. The van der Waals surface area contributed by atoms with E-state index in [1.165, 1.54) is 12.1 Å². The van der Waals surface area contributed by atoms with E-state index in [0.29, 0.717) is 13.1 Å². The number of carbonyl (C=O) groups excluding carboxylic acids is 1. The van der Waals surface area contributed by atoms with E-state index in [9.17, 15) is 14.3 Å². The molecule has 0 saturated carbocycles. The van der Waals surface area contributed by atoms with Gasteiger partial charge < -0.3 is 10.0 Å². The summed E-state index contributed by atoms with van der Waals surface area (Å²) in [5.74, 6) is -0.374. The zero-order valence-corrected chi connectivity index (χ0v) is 11.1. The lowest BCUT2D eigenvalue weighted by molar-refractivity contribution is -0.133. The summed E-state index contributed by atoms with van der Waals surface area (Å²) < 4.78 is 12.7. The van der Waals surface area contributed by atoms with E-state index in [-0.39, 0.29) is 18.1 Å². The number of halogens is 1. The van der Waals surface area contributed by atoms with Gasteiger partial charge >= 0.3 is 0 Å². The van der Waals surface area contributed by atoms with Crippen LogP contribution in [-0.2, 0) is 11.2 Å². The molecule has 0 aromatic heterocycles. The molecule has 0 fully saturated rings. The molecule has 1 N–H and O–H groups in total. The summed E-state index contributed by atoms with van der Waals surface area (Å²) in [6.45, 7) is 6.05. The van der Waals surface area contributed by atoms with Crippen molar-refractivity contribution in [2.45, 2.75) is 32.8 Å². The van der Waals surface area contributed by atoms with Gasteiger partial charge in [-0.3, -0.25) is 4.79 Å². The van der Waals surface area contributed by atoms with Crippen LogP contribution in [0.2, 0.25) is 0 Å². The van der Waals surface area contributed by atoms with Crippen molar-refractivity contribution in [3.8, 4) is 0 Å². The molecule has 100 valence electrons. The average Bonchev–Trinajstić information content (AvgIpc) is 2.27. The van der Waals surface area contributed by atoms with Crippen LogP contribution in [0.15, 0.2) is 24.3 Å². The predicted molar refractivity (Wildman–Crippen MR) is 68.7 cm³/mol. The molecule has 0 saturated heterocycles. The Kier molecular flexibility index (Phi) is 4.84. The van der Waals surface area contributed by atoms with Gasteiger partial charge in [-0.05, 0) is 38.5 Å². The number of hydrogen-bond donors (Lipinski definition) is 1. The molecular weight excluding hydrogens is 233 g/mol. The van der Waals surface area contributed by atoms with Crippen LogP contribution in [0.25, 0.3) is 0 Å². The first-order chi connectivity index (χ1) is 8.31. The lowest BCUT2D eigenvalue weighted by Crippen LogP contribution is -2.42. The Morgan fingerprint density at radius 1 is 1.33 bits per heavy atom. The summed E-state index contributed by atoms with van der Waals surface area (Å²) in [4.78, 5) is 13.6. The second-order valence-corrected chi connectivity index (χ2v) is 5.02. The van der Waals surface area contributed by atoms with Gasteiger partial charge in [0.1, 0.15) is 5.82 Å². The van der Waals surface area contributed by atoms with Gasteiger partial charge in [-0.2, -0.15) is 0 Å². The highest BCUT2D eigenvalue weighted by Crippen LogP contribution is 2.09. The second-order valence-electron chi connectivity index (χ2n) is 5.02. The van der Waals surface area contributed by atoms with Crippen molar-refractivity contribution in [3.63, 3.8) is 0 Å². The number of aliphatic hydroxyl groups is 1. The zero-order chi connectivity index (χ0) is 13.8. The van der Waals surface area contributed by atoms with Crippen molar-refractivity contribution in [2.24, 2.45) is 0 Å². The highest BCUT2D eigenvalue weighted by atomic mass is 19.1. The van der Waals surface area contributed by atoms with Gasteiger partial charge in [0.05, 0.1) is 12.0 Å². The second kappa shape index (κ2) is 5.96. The Labute approximate surface area is 107 Å². The normalized spacial score (nSPS) is 11.4. The first kappa shape index (κ1) is 14.6. The van der Waals surface area contributed by atoms with Crippen molar-refractivity contribution in [2.75, 3.05) is 13.1 Å². The number of rotatable bonds is 5. The fourth-order valence-electron chi connectivity index (χ4n) is 1.73. The van der Waals surface area contributed by atoms with Gasteiger partial charge in [-0.1, -0.05) is 12.1 Å². The number of hydrogen-bond acceptors (Lipinski definition) is 2. The minimum absolute atomic E-state index is 0.0637. The molecule has 1 rings (SSSR count). The molecular formula is C14H20FNO2. The first-order valence-electron chi connectivity index (χ1n) is 6.06. The summed E-state index contributed by atoms with van der Waals surface area (Å²) in [5, 5.41) is 9.73. The van der Waals surface area contributed by atoms with Crippen molar-refractivity contribution in [1.29, 1.82) is 0 Å². The number of nitrogens with zero attached hydrogens (tertiary/aromatic N) is 1. The molecule has 1 aromatic carbocycles. The molecule has 1 aromatic rings. The zero-order valence-electron chi connectivity index (χ0n) is 11.1. The molecule has 1 amide bonds. The highest BCUT2D eigenvalue weighted by molar-refractivity contribution is 5.78. The molecule has 0 aliphatic rings. The number of benzene rings is 1. The van der Waals surface area contributed by atoms with E-state index in [0.717, 1.165) is 5.56 Å². The van der Waals surface area contributed by atoms with Crippen LogP contribution in [-0.4, -0.2) is 34.6 Å². The Hall–Kier alpha value is -1.42. The van der Waals surface area contributed by atoms with Crippen molar-refractivity contribution in [3.05, 3.63) is 35.6 Å². The van der Waals surface area contributed by atoms with Crippen LogP contribution < -0.4 is 0 Å². The fraction of sp³-hybridized carbons (Fsp3) is 0.500. The third kappa shape index (κ3) is 4.84. The minimum Gasteiger partial charge on any atom is -0.389 e. The quantitative estimate of drug-likeness (QED) is 0.871. The minimum atomic E-state index is -0.908. The monoisotopic (exact) mass is 253 g/mol. The van der Waals surface area contributed by atoms with Crippen LogP contribution in [0.5, 0.6) is 0 Å². The molecule has 18 heavy (non-hydrogen) atoms. The highest BCUT2D eigenvalue weighted by Gasteiger charge is 2.21. The van der Waals surface area contributed by atoms with Crippen LogP contribution in [0.3, 0.4) is 0 Å². The topological polar surface area (TPSA) is 40.5 Å². The molecule has 0 aliphatic heterocycles. The largest absolute Gasteiger partial charge is 0.389 e. The summed E-state index contributed by atoms with van der Waals surface area (Å²) in [6, 6.07) is 5.89. The van der Waals surface area contributed by atoms with Crippen LogP contribution in [0.1, 0.15) is 26.3 Å². The van der Waals surface area contributed by atoms with Crippen LogP contribution in [0.4, 0.5) is 4.39 Å². The molecule has 0 unspecified atom stereocenters. The molecule has 4 heteroatoms. The molecule has 0 heterocycles. The lowest BCUT2D eigenvalue weighted by atomic mass is 10.1. The van der Waals surface area contributed by atoms with Gasteiger partial charge in [0, 0.05) is 13.1 Å². The van der Waals surface area contributed by atoms with Crippen molar-refractivity contribution in [1.82, 2.24) is 4.90 Å².